The monoisotopic (exact) mass is 240 g/mol. The number of aliphatic hydroxyl groups is 1. The molecule has 94 valence electrons. The van der Waals surface area contributed by atoms with Gasteiger partial charge in [0.25, 0.3) is 0 Å². The summed E-state index contributed by atoms with van der Waals surface area (Å²) in [6.45, 7) is 0.0974. The van der Waals surface area contributed by atoms with Crippen molar-refractivity contribution in [2.75, 3.05) is 6.61 Å². The fraction of sp³-hybridized carbons (Fsp3) is 0.571. The summed E-state index contributed by atoms with van der Waals surface area (Å²) in [6.07, 6.45) is 5.30. The third-order valence-corrected chi connectivity index (χ3v) is 3.78. The van der Waals surface area contributed by atoms with Crippen LogP contribution >= 0.6 is 0 Å². The van der Waals surface area contributed by atoms with E-state index >= 15 is 0 Å². The van der Waals surface area contributed by atoms with E-state index in [2.05, 4.69) is 0 Å². The molecular formula is C14H18F2O. The second-order valence-corrected chi connectivity index (χ2v) is 4.84. The second kappa shape index (κ2) is 5.58. The SMILES string of the molecule is OCCC(c1ccc(F)c(F)c1)C1CCCC1. The summed E-state index contributed by atoms with van der Waals surface area (Å²) in [7, 11) is 0. The normalized spacial score (nSPS) is 18.5. The molecule has 0 heterocycles. The molecule has 0 amide bonds. The highest BCUT2D eigenvalue weighted by atomic mass is 19.2. The summed E-state index contributed by atoms with van der Waals surface area (Å²) in [6, 6.07) is 4.12. The smallest absolute Gasteiger partial charge is 0.159 e. The van der Waals surface area contributed by atoms with Gasteiger partial charge in [-0.1, -0.05) is 18.9 Å². The van der Waals surface area contributed by atoms with Crippen LogP contribution in [-0.4, -0.2) is 11.7 Å². The highest BCUT2D eigenvalue weighted by Gasteiger charge is 2.26. The van der Waals surface area contributed by atoms with E-state index in [1.54, 1.807) is 6.07 Å². The standard InChI is InChI=1S/C14H18F2O/c15-13-6-5-11(9-14(13)16)12(7-8-17)10-3-1-2-4-10/h5-6,9-10,12,17H,1-4,7-8H2. The molecule has 0 spiro atoms. The lowest BCUT2D eigenvalue weighted by atomic mass is 9.82. The highest BCUT2D eigenvalue weighted by Crippen LogP contribution is 2.39. The Balaban J connectivity index is 2.21. The van der Waals surface area contributed by atoms with Crippen molar-refractivity contribution in [1.82, 2.24) is 0 Å². The van der Waals surface area contributed by atoms with E-state index < -0.39 is 11.6 Å². The molecule has 3 heteroatoms. The summed E-state index contributed by atoms with van der Waals surface area (Å²) in [5, 5.41) is 9.11. The highest BCUT2D eigenvalue weighted by molar-refractivity contribution is 5.22. The third kappa shape index (κ3) is 2.83. The van der Waals surface area contributed by atoms with E-state index in [-0.39, 0.29) is 12.5 Å². The molecule has 2 rings (SSSR count). The van der Waals surface area contributed by atoms with Gasteiger partial charge in [-0.3, -0.25) is 0 Å². The molecule has 1 unspecified atom stereocenters. The molecule has 0 aromatic heterocycles. The van der Waals surface area contributed by atoms with E-state index in [4.69, 9.17) is 5.11 Å². The zero-order chi connectivity index (χ0) is 12.3. The van der Waals surface area contributed by atoms with Gasteiger partial charge in [-0.2, -0.15) is 0 Å². The average molecular weight is 240 g/mol. The molecule has 1 aromatic carbocycles. The maximum atomic E-state index is 13.2. The van der Waals surface area contributed by atoms with Crippen molar-refractivity contribution in [1.29, 1.82) is 0 Å². The van der Waals surface area contributed by atoms with E-state index in [1.165, 1.54) is 25.0 Å². The molecule has 1 atom stereocenters. The molecule has 1 aliphatic rings. The van der Waals surface area contributed by atoms with Gasteiger partial charge >= 0.3 is 0 Å². The van der Waals surface area contributed by atoms with Gasteiger partial charge in [-0.15, -0.1) is 0 Å². The van der Waals surface area contributed by atoms with Crippen molar-refractivity contribution >= 4 is 0 Å². The molecule has 0 saturated heterocycles. The first-order valence-electron chi connectivity index (χ1n) is 6.28. The zero-order valence-electron chi connectivity index (χ0n) is 9.83. The first-order valence-corrected chi connectivity index (χ1v) is 6.28. The minimum absolute atomic E-state index is 0.0974. The maximum absolute atomic E-state index is 13.2. The Hall–Kier alpha value is -0.960. The number of rotatable bonds is 4. The summed E-state index contributed by atoms with van der Waals surface area (Å²) in [5.41, 5.74) is 0.824. The Morgan fingerprint density at radius 1 is 1.18 bits per heavy atom. The molecule has 0 bridgehead atoms. The van der Waals surface area contributed by atoms with E-state index in [0.717, 1.165) is 18.4 Å². The Kier molecular flexibility index (Phi) is 4.11. The van der Waals surface area contributed by atoms with Crippen molar-refractivity contribution in [3.05, 3.63) is 35.4 Å². The first-order chi connectivity index (χ1) is 8.22. The number of aliphatic hydroxyl groups excluding tert-OH is 1. The fourth-order valence-electron chi connectivity index (χ4n) is 2.92. The van der Waals surface area contributed by atoms with Crippen molar-refractivity contribution in [2.24, 2.45) is 5.92 Å². The Morgan fingerprint density at radius 2 is 1.88 bits per heavy atom. The third-order valence-electron chi connectivity index (χ3n) is 3.78. The summed E-state index contributed by atoms with van der Waals surface area (Å²) in [5.74, 6) is -0.920. The number of halogens is 2. The van der Waals surface area contributed by atoms with Gasteiger partial charge in [-0.25, -0.2) is 8.78 Å². The van der Waals surface area contributed by atoms with Gasteiger partial charge in [0.05, 0.1) is 0 Å². The van der Waals surface area contributed by atoms with Gasteiger partial charge in [0, 0.05) is 6.61 Å². The van der Waals surface area contributed by atoms with Crippen molar-refractivity contribution in [3.63, 3.8) is 0 Å². The van der Waals surface area contributed by atoms with Crippen LogP contribution in [0.4, 0.5) is 8.78 Å². The molecular weight excluding hydrogens is 222 g/mol. The Morgan fingerprint density at radius 3 is 2.47 bits per heavy atom. The molecule has 1 saturated carbocycles. The topological polar surface area (TPSA) is 20.2 Å². The van der Waals surface area contributed by atoms with Crippen LogP contribution in [0.15, 0.2) is 18.2 Å². The van der Waals surface area contributed by atoms with Crippen molar-refractivity contribution < 1.29 is 13.9 Å². The van der Waals surface area contributed by atoms with Crippen molar-refractivity contribution in [2.45, 2.75) is 38.0 Å². The summed E-state index contributed by atoms with van der Waals surface area (Å²) in [4.78, 5) is 0. The summed E-state index contributed by atoms with van der Waals surface area (Å²) < 4.78 is 26.1. The average Bonchev–Trinajstić information content (AvgIpc) is 2.83. The van der Waals surface area contributed by atoms with Crippen LogP contribution in [0.5, 0.6) is 0 Å². The Bertz CT molecular complexity index is 372. The predicted molar refractivity (Wildman–Crippen MR) is 62.8 cm³/mol. The van der Waals surface area contributed by atoms with E-state index in [1.807, 2.05) is 0 Å². The van der Waals surface area contributed by atoms with Crippen LogP contribution in [0, 0.1) is 17.6 Å². The quantitative estimate of drug-likeness (QED) is 0.852. The molecule has 1 aromatic rings. The van der Waals surface area contributed by atoms with Gasteiger partial charge in [-0.05, 0) is 48.8 Å². The number of hydrogen-bond donors (Lipinski definition) is 1. The maximum Gasteiger partial charge on any atom is 0.159 e. The Labute approximate surface area is 100 Å². The summed E-state index contributed by atoms with van der Waals surface area (Å²) >= 11 is 0. The van der Waals surface area contributed by atoms with E-state index in [9.17, 15) is 8.78 Å². The van der Waals surface area contributed by atoms with Crippen LogP contribution in [0.2, 0.25) is 0 Å². The van der Waals surface area contributed by atoms with E-state index in [0.29, 0.717) is 12.3 Å². The first kappa shape index (κ1) is 12.5. The molecule has 1 nitrogen and oxygen atoms in total. The van der Waals surface area contributed by atoms with Gasteiger partial charge in [0.15, 0.2) is 11.6 Å². The molecule has 1 N–H and O–H groups in total. The largest absolute Gasteiger partial charge is 0.396 e. The van der Waals surface area contributed by atoms with Gasteiger partial charge in [0.1, 0.15) is 0 Å². The number of benzene rings is 1. The van der Waals surface area contributed by atoms with Crippen LogP contribution in [-0.2, 0) is 0 Å². The molecule has 17 heavy (non-hydrogen) atoms. The second-order valence-electron chi connectivity index (χ2n) is 4.84. The predicted octanol–water partition coefficient (Wildman–Crippen LogP) is 3.62. The van der Waals surface area contributed by atoms with Crippen LogP contribution in [0.3, 0.4) is 0 Å². The van der Waals surface area contributed by atoms with Crippen LogP contribution < -0.4 is 0 Å². The lowest BCUT2D eigenvalue weighted by Crippen LogP contribution is -2.12. The molecule has 0 radical (unpaired) electrons. The lowest BCUT2D eigenvalue weighted by Gasteiger charge is -2.23. The van der Waals surface area contributed by atoms with Crippen molar-refractivity contribution in [3.8, 4) is 0 Å². The fourth-order valence-corrected chi connectivity index (χ4v) is 2.92. The molecule has 0 aliphatic heterocycles. The lowest BCUT2D eigenvalue weighted by molar-refractivity contribution is 0.254. The minimum atomic E-state index is -0.803. The minimum Gasteiger partial charge on any atom is -0.396 e. The molecule has 1 fully saturated rings. The van der Waals surface area contributed by atoms with Gasteiger partial charge in [0.2, 0.25) is 0 Å². The zero-order valence-corrected chi connectivity index (χ0v) is 9.83. The van der Waals surface area contributed by atoms with Gasteiger partial charge < -0.3 is 5.11 Å². The van der Waals surface area contributed by atoms with Crippen LogP contribution in [0.25, 0.3) is 0 Å². The number of hydrogen-bond acceptors (Lipinski definition) is 1. The molecule has 1 aliphatic carbocycles. The van der Waals surface area contributed by atoms with Crippen LogP contribution in [0.1, 0.15) is 43.6 Å².